The van der Waals surface area contributed by atoms with Gasteiger partial charge in [-0.15, -0.1) is 0 Å². The first-order valence-electron chi connectivity index (χ1n) is 7.05. The Morgan fingerprint density at radius 2 is 2.10 bits per heavy atom. The number of carbonyl (C=O) groups is 1. The van der Waals surface area contributed by atoms with Crippen molar-refractivity contribution in [3.05, 3.63) is 45.9 Å². The van der Waals surface area contributed by atoms with Crippen LogP contribution in [0, 0.1) is 6.92 Å². The number of fused-ring (bicyclic) bond motifs is 1. The molecule has 104 valence electrons. The third-order valence-corrected chi connectivity index (χ3v) is 3.73. The Morgan fingerprint density at radius 1 is 1.35 bits per heavy atom. The second-order valence-corrected chi connectivity index (χ2v) is 5.42. The molecule has 4 nitrogen and oxygen atoms in total. The van der Waals surface area contributed by atoms with E-state index >= 15 is 0 Å². The summed E-state index contributed by atoms with van der Waals surface area (Å²) in [5.41, 5.74) is 1.42. The van der Waals surface area contributed by atoms with Gasteiger partial charge in [-0.3, -0.25) is 9.59 Å². The highest BCUT2D eigenvalue weighted by Gasteiger charge is 2.25. The Hall–Kier alpha value is -2.10. The lowest BCUT2D eigenvalue weighted by Crippen LogP contribution is -2.33. The molecule has 1 saturated carbocycles. The number of pyridine rings is 1. The Balaban J connectivity index is 2.17. The molecule has 1 N–H and O–H groups in total. The first kappa shape index (κ1) is 12.9. The Bertz CT molecular complexity index is 742. The molecule has 1 aromatic heterocycles. The average Bonchev–Trinajstić information content (AvgIpc) is 3.23. The quantitative estimate of drug-likeness (QED) is 0.929. The first-order chi connectivity index (χ1) is 9.60. The molecule has 0 atom stereocenters. The lowest BCUT2D eigenvalue weighted by Gasteiger charge is -2.13. The van der Waals surface area contributed by atoms with Crippen molar-refractivity contribution < 1.29 is 4.79 Å². The number of benzene rings is 1. The molecule has 1 fully saturated rings. The van der Waals surface area contributed by atoms with Crippen LogP contribution in [0.5, 0.6) is 0 Å². The van der Waals surface area contributed by atoms with Gasteiger partial charge < -0.3 is 9.88 Å². The number of rotatable bonds is 3. The van der Waals surface area contributed by atoms with Crippen LogP contribution < -0.4 is 10.9 Å². The average molecular weight is 270 g/mol. The summed E-state index contributed by atoms with van der Waals surface area (Å²) in [4.78, 5) is 24.8. The molecular weight excluding hydrogens is 252 g/mol. The molecule has 0 bridgehead atoms. The molecule has 0 saturated heterocycles. The summed E-state index contributed by atoms with van der Waals surface area (Å²) < 4.78 is 1.56. The summed E-state index contributed by atoms with van der Waals surface area (Å²) >= 11 is 0. The van der Waals surface area contributed by atoms with E-state index in [1.54, 1.807) is 4.57 Å². The van der Waals surface area contributed by atoms with E-state index in [9.17, 15) is 9.59 Å². The van der Waals surface area contributed by atoms with Gasteiger partial charge in [-0.1, -0.05) is 17.7 Å². The molecule has 4 heteroatoms. The van der Waals surface area contributed by atoms with Crippen molar-refractivity contribution >= 4 is 16.7 Å². The summed E-state index contributed by atoms with van der Waals surface area (Å²) in [7, 11) is 0. The Morgan fingerprint density at radius 3 is 2.75 bits per heavy atom. The molecule has 0 spiro atoms. The van der Waals surface area contributed by atoms with Crippen LogP contribution in [0.1, 0.15) is 35.8 Å². The van der Waals surface area contributed by atoms with Gasteiger partial charge in [-0.25, -0.2) is 0 Å². The summed E-state index contributed by atoms with van der Waals surface area (Å²) in [5.74, 6) is -0.145. The maximum atomic E-state index is 12.5. The second-order valence-electron chi connectivity index (χ2n) is 5.42. The van der Waals surface area contributed by atoms with Crippen LogP contribution in [0.3, 0.4) is 0 Å². The van der Waals surface area contributed by atoms with Crippen LogP contribution in [0.4, 0.5) is 0 Å². The van der Waals surface area contributed by atoms with Crippen LogP contribution in [0.25, 0.3) is 10.8 Å². The number of hydrogen-bond acceptors (Lipinski definition) is 2. The first-order valence-corrected chi connectivity index (χ1v) is 7.05. The summed E-state index contributed by atoms with van der Waals surface area (Å²) in [6.45, 7) is 4.34. The molecule has 1 amide bonds. The fourth-order valence-electron chi connectivity index (χ4n) is 2.45. The minimum absolute atomic E-state index is 0.0883. The van der Waals surface area contributed by atoms with E-state index in [1.165, 1.54) is 0 Å². The molecule has 0 unspecified atom stereocenters. The van der Waals surface area contributed by atoms with Gasteiger partial charge in [-0.2, -0.15) is 0 Å². The number of aryl methyl sites for hydroxylation is 1. The number of aromatic nitrogens is 1. The molecule has 2 aromatic rings. The largest absolute Gasteiger partial charge is 0.348 e. The molecule has 0 aliphatic heterocycles. The smallest absolute Gasteiger partial charge is 0.268 e. The van der Waals surface area contributed by atoms with Crippen molar-refractivity contribution in [1.29, 1.82) is 0 Å². The molecule has 1 aromatic carbocycles. The van der Waals surface area contributed by atoms with Gasteiger partial charge in [0.05, 0.1) is 0 Å². The van der Waals surface area contributed by atoms with Gasteiger partial charge >= 0.3 is 0 Å². The summed E-state index contributed by atoms with van der Waals surface area (Å²) in [6.07, 6.45) is 2.07. The van der Waals surface area contributed by atoms with E-state index in [0.717, 1.165) is 23.8 Å². The lowest BCUT2D eigenvalue weighted by molar-refractivity contribution is 0.0941. The predicted molar refractivity (Wildman–Crippen MR) is 79.1 cm³/mol. The lowest BCUT2D eigenvalue weighted by atomic mass is 10.1. The molecule has 20 heavy (non-hydrogen) atoms. The highest BCUT2D eigenvalue weighted by Crippen LogP contribution is 2.20. The fourth-order valence-corrected chi connectivity index (χ4v) is 2.45. The van der Waals surface area contributed by atoms with E-state index in [-0.39, 0.29) is 17.5 Å². The molecule has 3 rings (SSSR count). The Labute approximate surface area is 117 Å². The zero-order valence-electron chi connectivity index (χ0n) is 11.8. The maximum absolute atomic E-state index is 12.5. The maximum Gasteiger partial charge on any atom is 0.268 e. The van der Waals surface area contributed by atoms with Crippen LogP contribution >= 0.6 is 0 Å². The van der Waals surface area contributed by atoms with Crippen molar-refractivity contribution in [2.45, 2.75) is 39.3 Å². The molecular formula is C16H18N2O2. The third-order valence-electron chi connectivity index (χ3n) is 3.73. The van der Waals surface area contributed by atoms with Crippen molar-refractivity contribution in [3.8, 4) is 0 Å². The van der Waals surface area contributed by atoms with E-state index in [1.807, 2.05) is 38.1 Å². The topological polar surface area (TPSA) is 51.1 Å². The highest BCUT2D eigenvalue weighted by molar-refractivity contribution is 5.97. The number of carbonyl (C=O) groups excluding carboxylic acids is 1. The van der Waals surface area contributed by atoms with Crippen LogP contribution in [0.2, 0.25) is 0 Å². The van der Waals surface area contributed by atoms with E-state index in [2.05, 4.69) is 5.32 Å². The number of nitrogens with zero attached hydrogens (tertiary/aromatic N) is 1. The molecule has 1 aliphatic carbocycles. The SMILES string of the molecule is CCn1c(C(=O)NC2CC2)cc2ccc(C)cc2c1=O. The van der Waals surface area contributed by atoms with Crippen molar-refractivity contribution in [2.75, 3.05) is 0 Å². The van der Waals surface area contributed by atoms with Gasteiger partial charge in [0, 0.05) is 18.0 Å². The van der Waals surface area contributed by atoms with Gasteiger partial charge in [0.1, 0.15) is 5.69 Å². The second kappa shape index (κ2) is 4.78. The van der Waals surface area contributed by atoms with Crippen molar-refractivity contribution in [1.82, 2.24) is 9.88 Å². The van der Waals surface area contributed by atoms with Gasteiger partial charge in [0.15, 0.2) is 0 Å². The van der Waals surface area contributed by atoms with Gasteiger partial charge in [0.2, 0.25) is 0 Å². The Kier molecular flexibility index (Phi) is 3.08. The van der Waals surface area contributed by atoms with Crippen molar-refractivity contribution in [3.63, 3.8) is 0 Å². The van der Waals surface area contributed by atoms with Gasteiger partial charge in [-0.05, 0) is 44.2 Å². The standard InChI is InChI=1S/C16H18N2O2/c1-3-18-14(15(19)17-12-6-7-12)9-11-5-4-10(2)8-13(11)16(18)20/h4-5,8-9,12H,3,6-7H2,1-2H3,(H,17,19). The summed E-state index contributed by atoms with van der Waals surface area (Å²) in [6, 6.07) is 7.85. The number of hydrogen-bond donors (Lipinski definition) is 1. The normalized spacial score (nSPS) is 14.5. The van der Waals surface area contributed by atoms with E-state index in [0.29, 0.717) is 17.6 Å². The molecule has 1 heterocycles. The van der Waals surface area contributed by atoms with E-state index in [4.69, 9.17) is 0 Å². The fraction of sp³-hybridized carbons (Fsp3) is 0.375. The number of nitrogens with one attached hydrogen (secondary N) is 1. The monoisotopic (exact) mass is 270 g/mol. The minimum Gasteiger partial charge on any atom is -0.348 e. The third kappa shape index (κ3) is 2.22. The predicted octanol–water partition coefficient (Wildman–Crippen LogP) is 2.22. The highest BCUT2D eigenvalue weighted by atomic mass is 16.2. The summed E-state index contributed by atoms with van der Waals surface area (Å²) in [5, 5.41) is 4.45. The van der Waals surface area contributed by atoms with Crippen LogP contribution in [-0.2, 0) is 6.54 Å². The van der Waals surface area contributed by atoms with Crippen LogP contribution in [0.15, 0.2) is 29.1 Å². The molecule has 1 aliphatic rings. The zero-order valence-corrected chi connectivity index (χ0v) is 11.8. The van der Waals surface area contributed by atoms with Crippen LogP contribution in [-0.4, -0.2) is 16.5 Å². The van der Waals surface area contributed by atoms with E-state index < -0.39 is 0 Å². The molecule has 0 radical (unpaired) electrons. The number of amides is 1. The van der Waals surface area contributed by atoms with Crippen molar-refractivity contribution in [2.24, 2.45) is 0 Å². The minimum atomic E-state index is -0.145. The zero-order chi connectivity index (χ0) is 14.3. The van der Waals surface area contributed by atoms with Gasteiger partial charge in [0.25, 0.3) is 11.5 Å².